The molecule has 0 aliphatic carbocycles. The van der Waals surface area contributed by atoms with Crippen molar-refractivity contribution < 1.29 is 4.39 Å². The zero-order valence-corrected chi connectivity index (χ0v) is 15.0. The van der Waals surface area contributed by atoms with Crippen molar-refractivity contribution in [2.45, 2.75) is 20.3 Å². The third-order valence-corrected chi connectivity index (χ3v) is 4.74. The van der Waals surface area contributed by atoms with Gasteiger partial charge in [0, 0.05) is 17.4 Å². The van der Waals surface area contributed by atoms with Gasteiger partial charge in [0.15, 0.2) is 0 Å². The maximum atomic E-state index is 14.3. The minimum absolute atomic E-state index is 0.231. The van der Waals surface area contributed by atoms with Gasteiger partial charge in [-0.05, 0) is 43.2 Å². The van der Waals surface area contributed by atoms with E-state index in [0.717, 1.165) is 23.2 Å². The summed E-state index contributed by atoms with van der Waals surface area (Å²) < 4.78 is 14.3. The van der Waals surface area contributed by atoms with E-state index in [-0.39, 0.29) is 5.82 Å². The highest BCUT2D eigenvalue weighted by molar-refractivity contribution is 5.85. The molecule has 0 saturated carbocycles. The van der Waals surface area contributed by atoms with Gasteiger partial charge >= 0.3 is 0 Å². The number of nitrogens with zero attached hydrogens (tertiary/aromatic N) is 1. The average molecular weight is 341 g/mol. The quantitative estimate of drug-likeness (QED) is 0.429. The van der Waals surface area contributed by atoms with E-state index in [2.05, 4.69) is 62.4 Å². The van der Waals surface area contributed by atoms with Crippen molar-refractivity contribution in [3.05, 3.63) is 101 Å². The monoisotopic (exact) mass is 341 g/mol. The first kappa shape index (κ1) is 16.5. The van der Waals surface area contributed by atoms with Gasteiger partial charge in [0.1, 0.15) is 5.82 Å². The van der Waals surface area contributed by atoms with E-state index in [9.17, 15) is 4.39 Å². The standard InChI is InChI=1S/C24H20FN/c1-16-6-10-18(11-7-16)14-24-20(19-12-8-17(2)9-13-19)15-21-22(25)4-3-5-23(21)26-24/h3-13,15H,14H2,1-2H3. The van der Waals surface area contributed by atoms with Crippen molar-refractivity contribution in [2.24, 2.45) is 0 Å². The van der Waals surface area contributed by atoms with Crippen LogP contribution in [-0.2, 0) is 6.42 Å². The lowest BCUT2D eigenvalue weighted by molar-refractivity contribution is 0.639. The second kappa shape index (κ2) is 6.72. The van der Waals surface area contributed by atoms with E-state index >= 15 is 0 Å². The molecule has 0 radical (unpaired) electrons. The number of hydrogen-bond acceptors (Lipinski definition) is 1. The molecule has 0 N–H and O–H groups in total. The molecule has 0 amide bonds. The molecule has 0 bridgehead atoms. The molecule has 2 heteroatoms. The Morgan fingerprint density at radius 2 is 1.46 bits per heavy atom. The lowest BCUT2D eigenvalue weighted by Gasteiger charge is -2.12. The van der Waals surface area contributed by atoms with Crippen molar-refractivity contribution in [3.63, 3.8) is 0 Å². The second-order valence-corrected chi connectivity index (χ2v) is 6.82. The molecule has 4 aromatic rings. The number of fused-ring (bicyclic) bond motifs is 1. The average Bonchev–Trinajstić information content (AvgIpc) is 2.64. The second-order valence-electron chi connectivity index (χ2n) is 6.82. The van der Waals surface area contributed by atoms with Crippen molar-refractivity contribution in [1.82, 2.24) is 4.98 Å². The van der Waals surface area contributed by atoms with Crippen LogP contribution in [0.3, 0.4) is 0 Å². The summed E-state index contributed by atoms with van der Waals surface area (Å²) >= 11 is 0. The van der Waals surface area contributed by atoms with Gasteiger partial charge in [-0.3, -0.25) is 4.98 Å². The minimum Gasteiger partial charge on any atom is -0.252 e. The van der Waals surface area contributed by atoms with Crippen molar-refractivity contribution in [3.8, 4) is 11.1 Å². The van der Waals surface area contributed by atoms with Crippen LogP contribution in [0.5, 0.6) is 0 Å². The molecule has 1 aromatic heterocycles. The Labute approximate surface area is 153 Å². The van der Waals surface area contributed by atoms with Crippen LogP contribution in [0, 0.1) is 19.7 Å². The maximum Gasteiger partial charge on any atom is 0.132 e. The van der Waals surface area contributed by atoms with Crippen LogP contribution < -0.4 is 0 Å². The predicted molar refractivity (Wildman–Crippen MR) is 106 cm³/mol. The molecular formula is C24H20FN. The summed E-state index contributed by atoms with van der Waals surface area (Å²) in [7, 11) is 0. The summed E-state index contributed by atoms with van der Waals surface area (Å²) in [5.74, 6) is -0.231. The molecular weight excluding hydrogens is 321 g/mol. The molecule has 0 fully saturated rings. The first-order chi connectivity index (χ1) is 12.6. The fraction of sp³-hybridized carbons (Fsp3) is 0.125. The molecule has 3 aromatic carbocycles. The van der Waals surface area contributed by atoms with Gasteiger partial charge in [-0.1, -0.05) is 65.7 Å². The molecule has 4 rings (SSSR count). The first-order valence-electron chi connectivity index (χ1n) is 8.81. The van der Waals surface area contributed by atoms with Crippen molar-refractivity contribution >= 4 is 10.9 Å². The Hall–Kier alpha value is -3.00. The number of rotatable bonds is 3. The Kier molecular flexibility index (Phi) is 4.26. The molecule has 0 unspecified atom stereocenters. The van der Waals surface area contributed by atoms with Crippen LogP contribution in [0.2, 0.25) is 0 Å². The van der Waals surface area contributed by atoms with Gasteiger partial charge in [0.25, 0.3) is 0 Å². The minimum atomic E-state index is -0.231. The van der Waals surface area contributed by atoms with Gasteiger partial charge < -0.3 is 0 Å². The number of aromatic nitrogens is 1. The molecule has 128 valence electrons. The highest BCUT2D eigenvalue weighted by Crippen LogP contribution is 2.29. The number of halogens is 1. The molecule has 0 aliphatic heterocycles. The van der Waals surface area contributed by atoms with Crippen LogP contribution in [0.1, 0.15) is 22.4 Å². The first-order valence-corrected chi connectivity index (χ1v) is 8.81. The summed E-state index contributed by atoms with van der Waals surface area (Å²) in [5.41, 5.74) is 7.36. The van der Waals surface area contributed by atoms with Crippen LogP contribution in [0.4, 0.5) is 4.39 Å². The van der Waals surface area contributed by atoms with Crippen LogP contribution in [0.15, 0.2) is 72.8 Å². The van der Waals surface area contributed by atoms with Crippen LogP contribution >= 0.6 is 0 Å². The smallest absolute Gasteiger partial charge is 0.132 e. The van der Waals surface area contributed by atoms with Gasteiger partial charge in [-0.15, -0.1) is 0 Å². The van der Waals surface area contributed by atoms with Gasteiger partial charge in [-0.25, -0.2) is 4.39 Å². The molecule has 0 aliphatic rings. The van der Waals surface area contributed by atoms with E-state index in [1.165, 1.54) is 22.8 Å². The Morgan fingerprint density at radius 1 is 0.808 bits per heavy atom. The highest BCUT2D eigenvalue weighted by Gasteiger charge is 2.12. The molecule has 1 heterocycles. The molecule has 0 atom stereocenters. The fourth-order valence-corrected chi connectivity index (χ4v) is 3.22. The number of pyridine rings is 1. The van der Waals surface area contributed by atoms with E-state index in [0.29, 0.717) is 10.9 Å². The largest absolute Gasteiger partial charge is 0.252 e. The predicted octanol–water partition coefficient (Wildman–Crippen LogP) is 6.25. The van der Waals surface area contributed by atoms with E-state index in [4.69, 9.17) is 4.98 Å². The highest BCUT2D eigenvalue weighted by atomic mass is 19.1. The summed E-state index contributed by atoms with van der Waals surface area (Å²) in [6.45, 7) is 4.15. The van der Waals surface area contributed by atoms with Crippen molar-refractivity contribution in [2.75, 3.05) is 0 Å². The number of benzene rings is 3. The van der Waals surface area contributed by atoms with Crippen molar-refractivity contribution in [1.29, 1.82) is 0 Å². The number of aryl methyl sites for hydroxylation is 2. The molecule has 0 spiro atoms. The third kappa shape index (κ3) is 3.23. The Bertz CT molecular complexity index is 1060. The van der Waals surface area contributed by atoms with E-state index in [1.54, 1.807) is 6.07 Å². The molecule has 1 nitrogen and oxygen atoms in total. The van der Waals surface area contributed by atoms with Crippen LogP contribution in [0.25, 0.3) is 22.0 Å². The van der Waals surface area contributed by atoms with E-state index < -0.39 is 0 Å². The summed E-state index contributed by atoms with van der Waals surface area (Å²) in [4.78, 5) is 4.81. The Morgan fingerprint density at radius 3 is 2.15 bits per heavy atom. The van der Waals surface area contributed by atoms with E-state index in [1.807, 2.05) is 12.1 Å². The topological polar surface area (TPSA) is 12.9 Å². The fourth-order valence-electron chi connectivity index (χ4n) is 3.22. The Balaban J connectivity index is 1.89. The summed E-state index contributed by atoms with van der Waals surface area (Å²) in [6.07, 6.45) is 0.718. The third-order valence-electron chi connectivity index (χ3n) is 4.74. The van der Waals surface area contributed by atoms with Crippen LogP contribution in [-0.4, -0.2) is 4.98 Å². The lowest BCUT2D eigenvalue weighted by atomic mass is 9.96. The van der Waals surface area contributed by atoms with Gasteiger partial charge in [0.2, 0.25) is 0 Å². The molecule has 26 heavy (non-hydrogen) atoms. The van der Waals surface area contributed by atoms with Gasteiger partial charge in [-0.2, -0.15) is 0 Å². The lowest BCUT2D eigenvalue weighted by Crippen LogP contribution is -1.98. The summed E-state index contributed by atoms with van der Waals surface area (Å²) in [6, 6.07) is 23.8. The zero-order chi connectivity index (χ0) is 18.1. The maximum absolute atomic E-state index is 14.3. The number of hydrogen-bond donors (Lipinski definition) is 0. The SMILES string of the molecule is Cc1ccc(Cc2nc3cccc(F)c3cc2-c2ccc(C)cc2)cc1. The molecule has 0 saturated heterocycles. The normalized spacial score (nSPS) is 11.0. The zero-order valence-electron chi connectivity index (χ0n) is 15.0. The summed E-state index contributed by atoms with van der Waals surface area (Å²) in [5, 5.41) is 0.565. The van der Waals surface area contributed by atoms with Gasteiger partial charge in [0.05, 0.1) is 11.2 Å².